The van der Waals surface area contributed by atoms with E-state index in [0.29, 0.717) is 0 Å². The van der Waals surface area contributed by atoms with E-state index < -0.39 is 10.0 Å². The molecule has 0 unspecified atom stereocenters. The average molecular weight is 232 g/mol. The van der Waals surface area contributed by atoms with E-state index in [2.05, 4.69) is 5.10 Å². The van der Waals surface area contributed by atoms with Gasteiger partial charge in [-0.1, -0.05) is 17.7 Å². The Balaban J connectivity index is 2.85. The molecule has 1 aromatic rings. The van der Waals surface area contributed by atoms with Gasteiger partial charge < -0.3 is 5.73 Å². The molecule has 2 rings (SSSR count). The minimum atomic E-state index is -3.60. The Morgan fingerprint density at radius 2 is 2.14 bits per heavy atom. The van der Waals surface area contributed by atoms with E-state index in [0.717, 1.165) is 0 Å². The smallest absolute Gasteiger partial charge is 0.277 e. The van der Waals surface area contributed by atoms with Gasteiger partial charge in [0, 0.05) is 0 Å². The molecule has 1 aliphatic heterocycles. The maximum atomic E-state index is 11.4. The van der Waals surface area contributed by atoms with Gasteiger partial charge >= 0.3 is 0 Å². The van der Waals surface area contributed by atoms with Crippen LogP contribution in [0.2, 0.25) is 5.02 Å². The van der Waals surface area contributed by atoms with Crippen LogP contribution in [0.25, 0.3) is 0 Å². The second kappa shape index (κ2) is 2.86. The Morgan fingerprint density at radius 1 is 1.43 bits per heavy atom. The summed E-state index contributed by atoms with van der Waals surface area (Å²) in [5, 5.41) is 3.73. The predicted octanol–water partition coefficient (Wildman–Crippen LogP) is 0.252. The average Bonchev–Trinajstić information content (AvgIpc) is 2.12. The molecular weight excluding hydrogens is 226 g/mol. The number of amidine groups is 1. The third kappa shape index (κ3) is 1.23. The zero-order chi connectivity index (χ0) is 10.3. The quantitative estimate of drug-likeness (QED) is 0.671. The topological polar surface area (TPSA) is 84.5 Å². The number of hydrogen-bond acceptors (Lipinski definition) is 4. The Kier molecular flexibility index (Phi) is 1.90. The summed E-state index contributed by atoms with van der Waals surface area (Å²) in [7, 11) is -3.60. The summed E-state index contributed by atoms with van der Waals surface area (Å²) in [5.74, 6) is 0.0698. The van der Waals surface area contributed by atoms with E-state index in [1.165, 1.54) is 6.07 Å². The van der Waals surface area contributed by atoms with Crippen molar-refractivity contribution in [2.24, 2.45) is 10.8 Å². The Hall–Kier alpha value is -1.27. The second-order valence-corrected chi connectivity index (χ2v) is 4.74. The SMILES string of the molecule is NC1=NNS(=O)(=O)c2cccc(Cl)c21. The van der Waals surface area contributed by atoms with Gasteiger partial charge in [0.15, 0.2) is 5.84 Å². The molecular formula is C7H6ClN3O2S. The fourth-order valence-corrected chi connectivity index (χ4v) is 2.58. The van der Waals surface area contributed by atoms with Gasteiger partial charge in [0.05, 0.1) is 10.6 Å². The molecule has 0 amide bonds. The van der Waals surface area contributed by atoms with Crippen molar-refractivity contribution < 1.29 is 8.42 Å². The maximum absolute atomic E-state index is 11.4. The molecule has 74 valence electrons. The molecule has 1 aromatic carbocycles. The van der Waals surface area contributed by atoms with E-state index in [9.17, 15) is 8.42 Å². The van der Waals surface area contributed by atoms with Crippen molar-refractivity contribution in [3.63, 3.8) is 0 Å². The van der Waals surface area contributed by atoms with Crippen molar-refractivity contribution in [3.8, 4) is 0 Å². The van der Waals surface area contributed by atoms with Gasteiger partial charge in [-0.05, 0) is 12.1 Å². The number of hydrazone groups is 1. The first kappa shape index (κ1) is 9.29. The zero-order valence-corrected chi connectivity index (χ0v) is 8.43. The number of sulfonamides is 1. The largest absolute Gasteiger partial charge is 0.382 e. The first-order valence-corrected chi connectivity index (χ1v) is 5.52. The number of halogens is 1. The van der Waals surface area contributed by atoms with Gasteiger partial charge in [-0.25, -0.2) is 0 Å². The minimum absolute atomic E-state index is 0.0532. The number of hydrogen-bond donors (Lipinski definition) is 2. The fourth-order valence-electron chi connectivity index (χ4n) is 1.19. The predicted molar refractivity (Wildman–Crippen MR) is 52.5 cm³/mol. The lowest BCUT2D eigenvalue weighted by Gasteiger charge is -2.15. The van der Waals surface area contributed by atoms with Crippen LogP contribution in [0.5, 0.6) is 0 Å². The summed E-state index contributed by atoms with van der Waals surface area (Å²) >= 11 is 5.81. The van der Waals surface area contributed by atoms with Gasteiger partial charge in [0.2, 0.25) is 0 Å². The van der Waals surface area contributed by atoms with Crippen LogP contribution >= 0.6 is 11.6 Å². The molecule has 7 heteroatoms. The standard InChI is InChI=1S/C7H6ClN3O2S/c8-4-2-1-3-5-6(4)7(9)10-11-14(5,12)13/h1-3,11H,(H2,9,10). The molecule has 0 saturated heterocycles. The molecule has 0 atom stereocenters. The third-order valence-electron chi connectivity index (χ3n) is 1.81. The van der Waals surface area contributed by atoms with Crippen LogP contribution in [0.4, 0.5) is 0 Å². The Labute approximate surface area is 85.6 Å². The molecule has 1 heterocycles. The summed E-state index contributed by atoms with van der Waals surface area (Å²) in [6, 6.07) is 4.52. The molecule has 3 N–H and O–H groups in total. The lowest BCUT2D eigenvalue weighted by molar-refractivity contribution is 0.582. The fraction of sp³-hybridized carbons (Fsp3) is 0. The third-order valence-corrected chi connectivity index (χ3v) is 3.37. The number of nitrogens with one attached hydrogen (secondary N) is 1. The molecule has 0 fully saturated rings. The maximum Gasteiger partial charge on any atom is 0.277 e. The van der Waals surface area contributed by atoms with Crippen LogP contribution in [0.3, 0.4) is 0 Å². The normalized spacial score (nSPS) is 17.9. The van der Waals surface area contributed by atoms with Gasteiger partial charge in [-0.15, -0.1) is 5.10 Å². The Morgan fingerprint density at radius 3 is 2.79 bits per heavy atom. The van der Waals surface area contributed by atoms with Crippen LogP contribution in [0, 0.1) is 0 Å². The second-order valence-electron chi connectivity index (χ2n) is 2.70. The van der Waals surface area contributed by atoms with Crippen molar-refractivity contribution in [2.75, 3.05) is 0 Å². The molecule has 14 heavy (non-hydrogen) atoms. The summed E-state index contributed by atoms with van der Waals surface area (Å²) in [4.78, 5) is 2.02. The highest BCUT2D eigenvalue weighted by atomic mass is 35.5. The monoisotopic (exact) mass is 231 g/mol. The van der Waals surface area contributed by atoms with Crippen LogP contribution < -0.4 is 10.6 Å². The van der Waals surface area contributed by atoms with E-state index in [-0.39, 0.29) is 21.3 Å². The number of rotatable bonds is 0. The highest BCUT2D eigenvalue weighted by molar-refractivity contribution is 7.89. The Bertz CT molecular complexity index is 524. The highest BCUT2D eigenvalue weighted by Crippen LogP contribution is 2.25. The molecule has 0 radical (unpaired) electrons. The van der Waals surface area contributed by atoms with E-state index in [1.54, 1.807) is 12.1 Å². The van der Waals surface area contributed by atoms with Crippen LogP contribution in [0.15, 0.2) is 28.2 Å². The summed E-state index contributed by atoms with van der Waals surface area (Å²) < 4.78 is 22.9. The number of fused-ring (bicyclic) bond motifs is 1. The van der Waals surface area contributed by atoms with E-state index >= 15 is 0 Å². The zero-order valence-electron chi connectivity index (χ0n) is 6.86. The highest BCUT2D eigenvalue weighted by Gasteiger charge is 2.26. The first-order valence-electron chi connectivity index (χ1n) is 3.66. The number of nitrogens with two attached hydrogens (primary N) is 1. The molecule has 0 saturated carbocycles. The van der Waals surface area contributed by atoms with Gasteiger partial charge in [0.1, 0.15) is 4.90 Å². The van der Waals surface area contributed by atoms with Crippen LogP contribution in [0.1, 0.15) is 5.56 Å². The van der Waals surface area contributed by atoms with Crippen molar-refractivity contribution in [3.05, 3.63) is 28.8 Å². The van der Waals surface area contributed by atoms with Crippen molar-refractivity contribution in [1.82, 2.24) is 4.83 Å². The number of benzene rings is 1. The lowest BCUT2D eigenvalue weighted by Crippen LogP contribution is -2.32. The summed E-state index contributed by atoms with van der Waals surface area (Å²) in [6.45, 7) is 0. The molecule has 0 aromatic heterocycles. The van der Waals surface area contributed by atoms with Crippen LogP contribution in [-0.4, -0.2) is 14.3 Å². The van der Waals surface area contributed by atoms with E-state index in [1.807, 2.05) is 4.83 Å². The molecule has 0 bridgehead atoms. The minimum Gasteiger partial charge on any atom is -0.382 e. The van der Waals surface area contributed by atoms with Gasteiger partial charge in [0.25, 0.3) is 10.0 Å². The molecule has 0 spiro atoms. The van der Waals surface area contributed by atoms with Crippen molar-refractivity contribution >= 4 is 27.5 Å². The molecule has 0 aliphatic carbocycles. The molecule has 1 aliphatic rings. The van der Waals surface area contributed by atoms with Crippen LogP contribution in [-0.2, 0) is 10.0 Å². The summed E-state index contributed by atoms with van der Waals surface area (Å²) in [6.07, 6.45) is 0. The van der Waals surface area contributed by atoms with Crippen molar-refractivity contribution in [2.45, 2.75) is 4.90 Å². The van der Waals surface area contributed by atoms with Gasteiger partial charge in [-0.3, -0.25) is 0 Å². The lowest BCUT2D eigenvalue weighted by atomic mass is 10.2. The van der Waals surface area contributed by atoms with Crippen molar-refractivity contribution in [1.29, 1.82) is 0 Å². The van der Waals surface area contributed by atoms with Gasteiger partial charge in [-0.2, -0.15) is 13.2 Å². The molecule has 5 nitrogen and oxygen atoms in total. The summed E-state index contributed by atoms with van der Waals surface area (Å²) in [5.41, 5.74) is 5.76. The number of nitrogens with zero attached hydrogens (tertiary/aromatic N) is 1. The first-order chi connectivity index (χ1) is 6.52. The van der Waals surface area contributed by atoms with E-state index in [4.69, 9.17) is 17.3 Å².